The fourth-order valence-electron chi connectivity index (χ4n) is 3.79. The van der Waals surface area contributed by atoms with Gasteiger partial charge >= 0.3 is 0 Å². The van der Waals surface area contributed by atoms with Crippen LogP contribution in [0, 0.1) is 5.82 Å². The molecule has 0 aliphatic carbocycles. The molecule has 29 heavy (non-hydrogen) atoms. The van der Waals surface area contributed by atoms with Gasteiger partial charge in [-0.1, -0.05) is 30.7 Å². The lowest BCUT2D eigenvalue weighted by molar-refractivity contribution is 0.259. The Balaban J connectivity index is 1.63. The maximum Gasteiger partial charge on any atom is 0.180 e. The van der Waals surface area contributed by atoms with Crippen molar-refractivity contribution in [1.82, 2.24) is 10.2 Å². The van der Waals surface area contributed by atoms with E-state index in [9.17, 15) is 4.39 Å². The van der Waals surface area contributed by atoms with Gasteiger partial charge in [-0.15, -0.1) is 0 Å². The van der Waals surface area contributed by atoms with Crippen molar-refractivity contribution in [3.63, 3.8) is 0 Å². The summed E-state index contributed by atoms with van der Waals surface area (Å²) in [5, 5.41) is 4.07. The Morgan fingerprint density at radius 3 is 2.66 bits per heavy atom. The van der Waals surface area contributed by atoms with Crippen molar-refractivity contribution in [2.24, 2.45) is 0 Å². The lowest BCUT2D eigenvalue weighted by Crippen LogP contribution is -2.37. The molecular formula is C23H30ClFN2O2. The van der Waals surface area contributed by atoms with E-state index < -0.39 is 0 Å². The van der Waals surface area contributed by atoms with Crippen LogP contribution in [-0.2, 0) is 13.2 Å². The molecule has 1 fully saturated rings. The fraction of sp³-hybridized carbons (Fsp3) is 0.478. The van der Waals surface area contributed by atoms with Crippen LogP contribution in [0.4, 0.5) is 4.39 Å². The maximum absolute atomic E-state index is 13.1. The largest absolute Gasteiger partial charge is 0.490 e. The lowest BCUT2D eigenvalue weighted by atomic mass is 10.1. The molecule has 6 heteroatoms. The Hall–Kier alpha value is -1.82. The molecule has 1 atom stereocenters. The Morgan fingerprint density at radius 1 is 1.14 bits per heavy atom. The Bertz CT molecular complexity index is 785. The highest BCUT2D eigenvalue weighted by molar-refractivity contribution is 6.32. The molecule has 0 aromatic heterocycles. The SMILES string of the molecule is CCOc1cc(CNCC2CCCN2CC)cc(Cl)c1OCc1ccc(F)cc1. The number of ether oxygens (including phenoxy) is 2. The topological polar surface area (TPSA) is 33.7 Å². The van der Waals surface area contributed by atoms with Gasteiger partial charge in [0.1, 0.15) is 12.4 Å². The van der Waals surface area contributed by atoms with Crippen molar-refractivity contribution in [1.29, 1.82) is 0 Å². The first-order chi connectivity index (χ1) is 14.1. The zero-order chi connectivity index (χ0) is 20.6. The predicted octanol–water partition coefficient (Wildman–Crippen LogP) is 5.03. The number of nitrogens with one attached hydrogen (secondary N) is 1. The molecule has 0 radical (unpaired) electrons. The summed E-state index contributed by atoms with van der Waals surface area (Å²) < 4.78 is 24.8. The number of nitrogens with zero attached hydrogens (tertiary/aromatic N) is 1. The van der Waals surface area contributed by atoms with E-state index in [2.05, 4.69) is 17.1 Å². The van der Waals surface area contributed by atoms with Crippen molar-refractivity contribution in [2.75, 3.05) is 26.2 Å². The van der Waals surface area contributed by atoms with Gasteiger partial charge in [0, 0.05) is 19.1 Å². The van der Waals surface area contributed by atoms with Gasteiger partial charge in [0.15, 0.2) is 11.5 Å². The molecular weight excluding hydrogens is 391 g/mol. The molecule has 0 bridgehead atoms. The summed E-state index contributed by atoms with van der Waals surface area (Å²) in [4.78, 5) is 2.53. The number of likely N-dealkylation sites (tertiary alicyclic amines) is 1. The molecule has 2 aromatic carbocycles. The maximum atomic E-state index is 13.1. The Morgan fingerprint density at radius 2 is 1.93 bits per heavy atom. The van der Waals surface area contributed by atoms with Gasteiger partial charge in [-0.3, -0.25) is 4.90 Å². The minimum Gasteiger partial charge on any atom is -0.490 e. The van der Waals surface area contributed by atoms with Gasteiger partial charge in [0.05, 0.1) is 11.6 Å². The van der Waals surface area contributed by atoms with Crippen LogP contribution in [0.2, 0.25) is 5.02 Å². The van der Waals surface area contributed by atoms with E-state index in [1.807, 2.05) is 19.1 Å². The van der Waals surface area contributed by atoms with E-state index in [4.69, 9.17) is 21.1 Å². The van der Waals surface area contributed by atoms with Crippen molar-refractivity contribution < 1.29 is 13.9 Å². The second kappa shape index (κ2) is 10.8. The highest BCUT2D eigenvalue weighted by Gasteiger charge is 2.22. The molecule has 1 aliphatic heterocycles. The van der Waals surface area contributed by atoms with Gasteiger partial charge in [-0.2, -0.15) is 0 Å². The monoisotopic (exact) mass is 420 g/mol. The van der Waals surface area contributed by atoms with E-state index in [1.165, 1.54) is 31.5 Å². The molecule has 4 nitrogen and oxygen atoms in total. The van der Waals surface area contributed by atoms with Crippen LogP contribution in [0.3, 0.4) is 0 Å². The average molecular weight is 421 g/mol. The molecule has 0 amide bonds. The first-order valence-electron chi connectivity index (χ1n) is 10.4. The zero-order valence-corrected chi connectivity index (χ0v) is 18.0. The van der Waals surface area contributed by atoms with Crippen LogP contribution in [0.15, 0.2) is 36.4 Å². The second-order valence-electron chi connectivity index (χ2n) is 7.31. The minimum atomic E-state index is -0.265. The highest BCUT2D eigenvalue weighted by atomic mass is 35.5. The predicted molar refractivity (Wildman–Crippen MR) is 115 cm³/mol. The van der Waals surface area contributed by atoms with E-state index in [-0.39, 0.29) is 5.82 Å². The normalized spacial score (nSPS) is 16.9. The lowest BCUT2D eigenvalue weighted by Gasteiger charge is -2.23. The summed E-state index contributed by atoms with van der Waals surface area (Å²) in [6, 6.07) is 10.7. The molecule has 1 N–H and O–H groups in total. The standard InChI is InChI=1S/C23H30ClFN2O2/c1-3-27-11-5-6-20(27)15-26-14-18-12-21(24)23(22(13-18)28-4-2)29-16-17-7-9-19(25)10-8-17/h7-10,12-13,20,26H,3-6,11,14-16H2,1-2H3. The molecule has 1 saturated heterocycles. The first-order valence-corrected chi connectivity index (χ1v) is 10.8. The summed E-state index contributed by atoms with van der Waals surface area (Å²) in [7, 11) is 0. The molecule has 0 spiro atoms. The summed E-state index contributed by atoms with van der Waals surface area (Å²) in [5.74, 6) is 0.891. The molecule has 158 valence electrons. The van der Waals surface area contributed by atoms with Crippen LogP contribution in [0.5, 0.6) is 11.5 Å². The molecule has 1 aliphatic rings. The van der Waals surface area contributed by atoms with Gasteiger partial charge in [0.25, 0.3) is 0 Å². The molecule has 3 rings (SSSR count). The van der Waals surface area contributed by atoms with Crippen molar-refractivity contribution >= 4 is 11.6 Å². The summed E-state index contributed by atoms with van der Waals surface area (Å²) in [6.45, 7) is 8.97. The Labute approximate surface area is 178 Å². The van der Waals surface area contributed by atoms with Gasteiger partial charge in [0.2, 0.25) is 0 Å². The van der Waals surface area contributed by atoms with Crippen molar-refractivity contribution in [2.45, 2.75) is 45.9 Å². The highest BCUT2D eigenvalue weighted by Crippen LogP contribution is 2.37. The summed E-state index contributed by atoms with van der Waals surface area (Å²) in [5.41, 5.74) is 1.93. The molecule has 1 unspecified atom stereocenters. The Kier molecular flexibility index (Phi) is 8.16. The number of hydrogen-bond donors (Lipinski definition) is 1. The van der Waals surface area contributed by atoms with Crippen LogP contribution in [0.25, 0.3) is 0 Å². The number of rotatable bonds is 10. The number of likely N-dealkylation sites (N-methyl/N-ethyl adjacent to an activating group) is 1. The van der Waals surface area contributed by atoms with E-state index in [1.54, 1.807) is 12.1 Å². The van der Waals surface area contributed by atoms with Crippen molar-refractivity contribution in [3.8, 4) is 11.5 Å². The number of benzene rings is 2. The fourth-order valence-corrected chi connectivity index (χ4v) is 4.08. The third-order valence-electron chi connectivity index (χ3n) is 5.28. The summed E-state index contributed by atoms with van der Waals surface area (Å²) >= 11 is 6.51. The molecule has 2 aromatic rings. The molecule has 1 heterocycles. The zero-order valence-electron chi connectivity index (χ0n) is 17.2. The summed E-state index contributed by atoms with van der Waals surface area (Å²) in [6.07, 6.45) is 2.53. The van der Waals surface area contributed by atoms with Crippen LogP contribution in [-0.4, -0.2) is 37.2 Å². The van der Waals surface area contributed by atoms with E-state index in [0.29, 0.717) is 35.8 Å². The number of halogens is 2. The van der Waals surface area contributed by atoms with Crippen molar-refractivity contribution in [3.05, 3.63) is 58.4 Å². The third-order valence-corrected chi connectivity index (χ3v) is 5.56. The van der Waals surface area contributed by atoms with Gasteiger partial charge in [-0.05, 0) is 68.2 Å². The first kappa shape index (κ1) is 21.9. The smallest absolute Gasteiger partial charge is 0.180 e. The van der Waals surface area contributed by atoms with E-state index >= 15 is 0 Å². The van der Waals surface area contributed by atoms with Crippen LogP contribution < -0.4 is 14.8 Å². The van der Waals surface area contributed by atoms with Gasteiger partial charge < -0.3 is 14.8 Å². The molecule has 0 saturated carbocycles. The quantitative estimate of drug-likeness (QED) is 0.584. The number of hydrogen-bond acceptors (Lipinski definition) is 4. The second-order valence-corrected chi connectivity index (χ2v) is 7.72. The third kappa shape index (κ3) is 6.08. The van der Waals surface area contributed by atoms with E-state index in [0.717, 1.165) is 30.8 Å². The minimum absolute atomic E-state index is 0.265. The van der Waals surface area contributed by atoms with Gasteiger partial charge in [-0.25, -0.2) is 4.39 Å². The van der Waals surface area contributed by atoms with Crippen LogP contribution in [0.1, 0.15) is 37.8 Å². The van der Waals surface area contributed by atoms with Crippen LogP contribution >= 0.6 is 11.6 Å². The average Bonchev–Trinajstić information content (AvgIpc) is 3.16.